The lowest BCUT2D eigenvalue weighted by Crippen LogP contribution is -2.54. The molecule has 170 valence electrons. The van der Waals surface area contributed by atoms with Gasteiger partial charge >= 0.3 is 6.03 Å². The number of urea groups is 1. The van der Waals surface area contributed by atoms with Crippen LogP contribution in [0.5, 0.6) is 0 Å². The Morgan fingerprint density at radius 3 is 2.47 bits per heavy atom. The van der Waals surface area contributed by atoms with Crippen LogP contribution in [0.4, 0.5) is 9.18 Å². The minimum atomic E-state index is -0.964. The van der Waals surface area contributed by atoms with E-state index in [2.05, 4.69) is 0 Å². The molecule has 0 saturated carbocycles. The summed E-state index contributed by atoms with van der Waals surface area (Å²) in [5.41, 5.74) is 1.92. The van der Waals surface area contributed by atoms with Crippen molar-refractivity contribution < 1.29 is 14.3 Å². The van der Waals surface area contributed by atoms with E-state index in [9.17, 15) is 14.3 Å². The Morgan fingerprint density at radius 1 is 1.16 bits per heavy atom. The first kappa shape index (κ1) is 22.5. The smallest absolute Gasteiger partial charge is 0.321 e. The number of hydrogen-bond acceptors (Lipinski definition) is 3. The quantitative estimate of drug-likeness (QED) is 0.792. The van der Waals surface area contributed by atoms with E-state index in [4.69, 9.17) is 0 Å². The number of amides is 2. The van der Waals surface area contributed by atoms with Crippen molar-refractivity contribution in [2.45, 2.75) is 30.6 Å². The highest BCUT2D eigenvalue weighted by Gasteiger charge is 2.46. The molecule has 0 radical (unpaired) electrons. The molecule has 2 aromatic carbocycles. The third-order valence-corrected chi connectivity index (χ3v) is 6.84. The summed E-state index contributed by atoms with van der Waals surface area (Å²) in [4.78, 5) is 19.2. The molecule has 2 aromatic rings. The standard InChI is InChI=1S/C26H32FN3O2/c1-28-14-13-24(15-23(27)18-28)29(2)25(32)30-17-21(20-9-5-3-6-10-20)16-26(30,19-31)22-11-7-4-8-12-22/h3-12,16,23-24,31H,13-15,17-19H2,1-2H3/t23-,24?,26-/m1/s1. The van der Waals surface area contributed by atoms with Gasteiger partial charge in [0, 0.05) is 32.6 Å². The fourth-order valence-electron chi connectivity index (χ4n) is 4.96. The third kappa shape index (κ3) is 4.30. The fourth-order valence-corrected chi connectivity index (χ4v) is 4.96. The van der Waals surface area contributed by atoms with Gasteiger partial charge in [0.15, 0.2) is 0 Å². The van der Waals surface area contributed by atoms with Gasteiger partial charge in [-0.15, -0.1) is 0 Å². The summed E-state index contributed by atoms with van der Waals surface area (Å²) in [5.74, 6) is 0. The predicted octanol–water partition coefficient (Wildman–Crippen LogP) is 3.76. The Kier molecular flexibility index (Phi) is 6.63. The van der Waals surface area contributed by atoms with Gasteiger partial charge in [0.05, 0.1) is 6.61 Å². The molecule has 1 N–H and O–H groups in total. The molecular formula is C26H32FN3O2. The van der Waals surface area contributed by atoms with Crippen molar-refractivity contribution in [3.8, 4) is 0 Å². The normalized spacial score (nSPS) is 26.5. The maximum Gasteiger partial charge on any atom is 0.321 e. The lowest BCUT2D eigenvalue weighted by molar-refractivity contribution is 0.0758. The topological polar surface area (TPSA) is 47.0 Å². The predicted molar refractivity (Wildman–Crippen MR) is 125 cm³/mol. The molecule has 2 aliphatic rings. The van der Waals surface area contributed by atoms with Crippen molar-refractivity contribution in [2.24, 2.45) is 0 Å². The van der Waals surface area contributed by atoms with Gasteiger partial charge in [-0.25, -0.2) is 9.18 Å². The number of rotatable bonds is 4. The number of likely N-dealkylation sites (tertiary alicyclic amines) is 1. The minimum Gasteiger partial charge on any atom is -0.393 e. The van der Waals surface area contributed by atoms with Crippen molar-refractivity contribution in [1.82, 2.24) is 14.7 Å². The summed E-state index contributed by atoms with van der Waals surface area (Å²) in [5, 5.41) is 10.6. The zero-order valence-corrected chi connectivity index (χ0v) is 18.8. The van der Waals surface area contributed by atoms with Crippen molar-refractivity contribution >= 4 is 11.6 Å². The highest BCUT2D eigenvalue weighted by molar-refractivity contribution is 5.83. The third-order valence-electron chi connectivity index (χ3n) is 6.84. The highest BCUT2D eigenvalue weighted by atomic mass is 19.1. The van der Waals surface area contributed by atoms with Gasteiger partial charge in [0.25, 0.3) is 0 Å². The molecular weight excluding hydrogens is 405 g/mol. The maximum atomic E-state index is 14.5. The molecule has 0 bridgehead atoms. The highest BCUT2D eigenvalue weighted by Crippen LogP contribution is 2.41. The number of benzene rings is 2. The van der Waals surface area contributed by atoms with E-state index < -0.39 is 11.7 Å². The van der Waals surface area contributed by atoms with Crippen LogP contribution in [0.15, 0.2) is 66.7 Å². The van der Waals surface area contributed by atoms with Crippen LogP contribution < -0.4 is 0 Å². The van der Waals surface area contributed by atoms with Crippen LogP contribution in [0.3, 0.4) is 0 Å². The molecule has 3 atom stereocenters. The molecule has 4 rings (SSSR count). The van der Waals surface area contributed by atoms with E-state index in [0.717, 1.165) is 29.7 Å². The molecule has 1 unspecified atom stereocenters. The van der Waals surface area contributed by atoms with E-state index in [-0.39, 0.29) is 18.7 Å². The molecule has 2 aliphatic heterocycles. The van der Waals surface area contributed by atoms with Gasteiger partial charge in [0.1, 0.15) is 11.7 Å². The second kappa shape index (κ2) is 9.43. The van der Waals surface area contributed by atoms with E-state index >= 15 is 0 Å². The van der Waals surface area contributed by atoms with Gasteiger partial charge in [-0.2, -0.15) is 0 Å². The summed E-state index contributed by atoms with van der Waals surface area (Å²) in [6, 6.07) is 19.2. The number of halogens is 1. The average molecular weight is 438 g/mol. The second-order valence-corrected chi connectivity index (χ2v) is 9.00. The lowest BCUT2D eigenvalue weighted by Gasteiger charge is -2.41. The van der Waals surface area contributed by atoms with Gasteiger partial charge in [-0.1, -0.05) is 60.7 Å². The van der Waals surface area contributed by atoms with Crippen LogP contribution in [0.25, 0.3) is 5.57 Å². The van der Waals surface area contributed by atoms with Crippen LogP contribution in [0.1, 0.15) is 24.0 Å². The Hall–Kier alpha value is -2.70. The molecule has 1 saturated heterocycles. The average Bonchev–Trinajstić information content (AvgIpc) is 3.14. The molecule has 0 aromatic heterocycles. The first-order chi connectivity index (χ1) is 15.4. The van der Waals surface area contributed by atoms with Crippen molar-refractivity contribution in [2.75, 3.05) is 40.3 Å². The van der Waals surface area contributed by atoms with E-state index in [1.807, 2.05) is 78.7 Å². The number of aliphatic hydroxyl groups excluding tert-OH is 1. The Balaban J connectivity index is 1.69. The number of alkyl halides is 1. The van der Waals surface area contributed by atoms with Crippen LogP contribution >= 0.6 is 0 Å². The monoisotopic (exact) mass is 437 g/mol. The fraction of sp³-hybridized carbons (Fsp3) is 0.423. The van der Waals surface area contributed by atoms with Gasteiger partial charge in [0.2, 0.25) is 0 Å². The summed E-state index contributed by atoms with van der Waals surface area (Å²) >= 11 is 0. The van der Waals surface area contributed by atoms with Crippen molar-refractivity contribution in [3.63, 3.8) is 0 Å². The van der Waals surface area contributed by atoms with Crippen LogP contribution in [-0.4, -0.2) is 78.4 Å². The summed E-state index contributed by atoms with van der Waals surface area (Å²) in [6.07, 6.45) is 2.11. The SMILES string of the molecule is CN1CCC(N(C)C(=O)N2CC(c3ccccc3)=C[C@@]2(CO)c2ccccc2)C[C@@H](F)C1. The van der Waals surface area contributed by atoms with E-state index in [0.29, 0.717) is 19.5 Å². The number of hydrogen-bond donors (Lipinski definition) is 1. The van der Waals surface area contributed by atoms with Gasteiger partial charge < -0.3 is 19.8 Å². The number of carbonyl (C=O) groups excluding carboxylic acids is 1. The summed E-state index contributed by atoms with van der Waals surface area (Å²) in [7, 11) is 3.68. The summed E-state index contributed by atoms with van der Waals surface area (Å²) in [6.45, 7) is 1.30. The number of nitrogens with zero attached hydrogens (tertiary/aromatic N) is 3. The van der Waals surface area contributed by atoms with Crippen molar-refractivity contribution in [3.05, 3.63) is 77.9 Å². The van der Waals surface area contributed by atoms with E-state index in [1.54, 1.807) is 16.8 Å². The zero-order chi connectivity index (χ0) is 22.7. The lowest BCUT2D eigenvalue weighted by atomic mass is 9.89. The largest absolute Gasteiger partial charge is 0.393 e. The molecule has 0 spiro atoms. The Labute approximate surface area is 189 Å². The second-order valence-electron chi connectivity index (χ2n) is 9.00. The van der Waals surface area contributed by atoms with Crippen LogP contribution in [-0.2, 0) is 5.54 Å². The molecule has 2 heterocycles. The maximum absolute atomic E-state index is 14.5. The Morgan fingerprint density at radius 2 is 1.81 bits per heavy atom. The Bertz CT molecular complexity index is 952. The van der Waals surface area contributed by atoms with Gasteiger partial charge in [-0.05, 0) is 42.8 Å². The molecule has 1 fully saturated rings. The molecule has 32 heavy (non-hydrogen) atoms. The van der Waals surface area contributed by atoms with Crippen LogP contribution in [0.2, 0.25) is 0 Å². The molecule has 6 heteroatoms. The van der Waals surface area contributed by atoms with Crippen molar-refractivity contribution in [1.29, 1.82) is 0 Å². The zero-order valence-electron chi connectivity index (χ0n) is 18.8. The van der Waals surface area contributed by atoms with Crippen LogP contribution in [0, 0.1) is 0 Å². The molecule has 5 nitrogen and oxygen atoms in total. The first-order valence-electron chi connectivity index (χ1n) is 11.2. The molecule has 2 amide bonds. The number of carbonyl (C=O) groups is 1. The van der Waals surface area contributed by atoms with E-state index in [1.165, 1.54) is 0 Å². The van der Waals surface area contributed by atoms with Gasteiger partial charge in [-0.3, -0.25) is 0 Å². The molecule has 0 aliphatic carbocycles. The summed E-state index contributed by atoms with van der Waals surface area (Å²) < 4.78 is 14.5. The first-order valence-corrected chi connectivity index (χ1v) is 11.2. The minimum absolute atomic E-state index is 0.185. The number of aliphatic hydroxyl groups is 1.